The van der Waals surface area contributed by atoms with Crippen LogP contribution in [0.1, 0.15) is 29.7 Å². The van der Waals surface area contributed by atoms with E-state index in [4.69, 9.17) is 21.7 Å². The molecule has 7 heteroatoms. The summed E-state index contributed by atoms with van der Waals surface area (Å²) in [6.07, 6.45) is 0. The summed E-state index contributed by atoms with van der Waals surface area (Å²) in [6.45, 7) is 5.85. The van der Waals surface area contributed by atoms with Crippen LogP contribution in [0.25, 0.3) is 0 Å². The van der Waals surface area contributed by atoms with Gasteiger partial charge in [-0.1, -0.05) is 29.8 Å². The van der Waals surface area contributed by atoms with Crippen LogP contribution >= 0.6 is 12.2 Å². The number of carbonyl (C=O) groups excluding carboxylic acids is 1. The van der Waals surface area contributed by atoms with Crippen molar-refractivity contribution in [2.24, 2.45) is 5.92 Å². The zero-order valence-electron chi connectivity index (χ0n) is 16.3. The number of ether oxygens (including phenoxy) is 2. The van der Waals surface area contributed by atoms with Crippen LogP contribution in [0.15, 0.2) is 36.4 Å². The molecule has 2 aliphatic rings. The lowest BCUT2D eigenvalue weighted by Gasteiger charge is -2.50. The lowest BCUT2D eigenvalue weighted by atomic mass is 9.79. The van der Waals surface area contributed by atoms with Gasteiger partial charge in [-0.05, 0) is 50.7 Å². The zero-order chi connectivity index (χ0) is 20.1. The topological polar surface area (TPSA) is 71.6 Å². The van der Waals surface area contributed by atoms with E-state index in [-0.39, 0.29) is 11.9 Å². The molecule has 1 amide bonds. The molecule has 0 aliphatic carbocycles. The molecule has 2 bridgehead atoms. The van der Waals surface area contributed by atoms with Crippen molar-refractivity contribution < 1.29 is 14.3 Å². The first-order valence-electron chi connectivity index (χ1n) is 9.15. The van der Waals surface area contributed by atoms with Gasteiger partial charge in [-0.25, -0.2) is 0 Å². The molecule has 0 radical (unpaired) electrons. The van der Waals surface area contributed by atoms with Crippen LogP contribution in [0, 0.1) is 19.8 Å². The number of hydrogen-bond donors (Lipinski definition) is 3. The van der Waals surface area contributed by atoms with E-state index < -0.39 is 11.6 Å². The summed E-state index contributed by atoms with van der Waals surface area (Å²) < 4.78 is 11.7. The standard InChI is InChI=1S/C21H23N3O3S/c1-11-8-9-14(12(2)10-11)22-19(25)16-17-13-6-5-7-15(26-4)18(13)27-21(16,3)24-20(28)23-17/h5-10,16-17H,1-4H3,(H,22,25)(H2,23,24,28)/t16-,17-,21-/m0/s1. The largest absolute Gasteiger partial charge is 0.493 e. The Balaban J connectivity index is 1.74. The minimum absolute atomic E-state index is 0.143. The van der Waals surface area contributed by atoms with Gasteiger partial charge in [0.15, 0.2) is 22.3 Å². The predicted molar refractivity (Wildman–Crippen MR) is 112 cm³/mol. The van der Waals surface area contributed by atoms with Gasteiger partial charge in [0.25, 0.3) is 0 Å². The van der Waals surface area contributed by atoms with E-state index in [1.165, 1.54) is 0 Å². The number of nitrogens with one attached hydrogen (secondary N) is 3. The quantitative estimate of drug-likeness (QED) is 0.691. The normalized spacial score (nSPS) is 24.9. The summed E-state index contributed by atoms with van der Waals surface area (Å²) in [6, 6.07) is 11.3. The Hall–Kier alpha value is -2.80. The van der Waals surface area contributed by atoms with Crippen molar-refractivity contribution in [3.8, 4) is 11.5 Å². The van der Waals surface area contributed by atoms with Crippen molar-refractivity contribution in [2.75, 3.05) is 12.4 Å². The van der Waals surface area contributed by atoms with E-state index in [1.807, 2.05) is 57.2 Å². The number of para-hydroxylation sites is 1. The van der Waals surface area contributed by atoms with Gasteiger partial charge in [-0.2, -0.15) is 0 Å². The zero-order valence-corrected chi connectivity index (χ0v) is 17.1. The molecule has 146 valence electrons. The lowest BCUT2D eigenvalue weighted by Crippen LogP contribution is -2.70. The molecule has 0 unspecified atom stereocenters. The second kappa shape index (κ2) is 6.67. The maximum absolute atomic E-state index is 13.3. The number of hydrogen-bond acceptors (Lipinski definition) is 4. The lowest BCUT2D eigenvalue weighted by molar-refractivity contribution is -0.132. The Morgan fingerprint density at radius 1 is 1.29 bits per heavy atom. The molecule has 2 aliphatic heterocycles. The molecular weight excluding hydrogens is 374 g/mol. The molecule has 1 saturated heterocycles. The summed E-state index contributed by atoms with van der Waals surface area (Å²) in [5.74, 6) is 0.559. The van der Waals surface area contributed by atoms with E-state index in [0.717, 1.165) is 22.4 Å². The van der Waals surface area contributed by atoms with Crippen molar-refractivity contribution in [3.63, 3.8) is 0 Å². The number of aryl methyl sites for hydroxylation is 2. The highest BCUT2D eigenvalue weighted by Crippen LogP contribution is 2.48. The highest BCUT2D eigenvalue weighted by molar-refractivity contribution is 7.80. The SMILES string of the molecule is COc1cccc2c1O[C@]1(C)NC(=S)N[C@@H]2[C@H]1C(=O)Nc1ccc(C)cc1C. The van der Waals surface area contributed by atoms with Crippen molar-refractivity contribution in [1.82, 2.24) is 10.6 Å². The average molecular weight is 398 g/mol. The third-order valence-electron chi connectivity index (χ3n) is 5.38. The van der Waals surface area contributed by atoms with Crippen molar-refractivity contribution in [1.29, 1.82) is 0 Å². The Kier molecular flexibility index (Phi) is 4.42. The summed E-state index contributed by atoms with van der Waals surface area (Å²) in [4.78, 5) is 13.3. The molecule has 4 rings (SSSR count). The van der Waals surface area contributed by atoms with Gasteiger partial charge >= 0.3 is 0 Å². The van der Waals surface area contributed by atoms with E-state index in [1.54, 1.807) is 7.11 Å². The van der Waals surface area contributed by atoms with Gasteiger partial charge in [-0.15, -0.1) is 0 Å². The fourth-order valence-corrected chi connectivity index (χ4v) is 4.38. The van der Waals surface area contributed by atoms with Crippen LogP contribution in [0.3, 0.4) is 0 Å². The fraction of sp³-hybridized carbons (Fsp3) is 0.333. The Morgan fingerprint density at radius 3 is 2.79 bits per heavy atom. The minimum Gasteiger partial charge on any atom is -0.493 e. The number of fused-ring (bicyclic) bond motifs is 4. The number of thiocarbonyl (C=S) groups is 1. The Bertz CT molecular complexity index is 977. The number of carbonyl (C=O) groups is 1. The molecule has 0 spiro atoms. The molecule has 1 fully saturated rings. The third kappa shape index (κ3) is 2.96. The molecule has 2 aromatic carbocycles. The molecule has 2 aromatic rings. The van der Waals surface area contributed by atoms with Crippen molar-refractivity contribution in [2.45, 2.75) is 32.5 Å². The van der Waals surface area contributed by atoms with Gasteiger partial charge in [0.05, 0.1) is 13.2 Å². The smallest absolute Gasteiger partial charge is 0.236 e. The van der Waals surface area contributed by atoms with Gasteiger partial charge in [0.1, 0.15) is 5.92 Å². The molecule has 3 atom stereocenters. The second-order valence-electron chi connectivity index (χ2n) is 7.45. The van der Waals surface area contributed by atoms with Crippen molar-refractivity contribution >= 4 is 28.9 Å². The Labute approximate surface area is 169 Å². The highest BCUT2D eigenvalue weighted by Gasteiger charge is 2.55. The van der Waals surface area contributed by atoms with Crippen LogP contribution in [0.5, 0.6) is 11.5 Å². The first-order valence-corrected chi connectivity index (χ1v) is 9.56. The predicted octanol–water partition coefficient (Wildman–Crippen LogP) is 3.19. The summed E-state index contributed by atoms with van der Waals surface area (Å²) >= 11 is 5.36. The molecule has 6 nitrogen and oxygen atoms in total. The Morgan fingerprint density at radius 2 is 2.07 bits per heavy atom. The number of amides is 1. The summed E-state index contributed by atoms with van der Waals surface area (Å²) in [5, 5.41) is 9.90. The van der Waals surface area contributed by atoms with Crippen LogP contribution in [0.2, 0.25) is 0 Å². The maximum atomic E-state index is 13.3. The molecular formula is C21H23N3O3S. The van der Waals surface area contributed by atoms with Crippen molar-refractivity contribution in [3.05, 3.63) is 53.1 Å². The summed E-state index contributed by atoms with van der Waals surface area (Å²) in [7, 11) is 1.60. The highest BCUT2D eigenvalue weighted by atomic mass is 32.1. The molecule has 3 N–H and O–H groups in total. The summed E-state index contributed by atoms with van der Waals surface area (Å²) in [5.41, 5.74) is 2.80. The van der Waals surface area contributed by atoms with E-state index in [9.17, 15) is 4.79 Å². The molecule has 0 saturated carbocycles. The second-order valence-corrected chi connectivity index (χ2v) is 7.86. The first kappa shape index (κ1) is 18.6. The molecule has 2 heterocycles. The van der Waals surface area contributed by atoms with E-state index in [2.05, 4.69) is 16.0 Å². The maximum Gasteiger partial charge on any atom is 0.236 e. The number of anilines is 1. The van der Waals surface area contributed by atoms with Gasteiger partial charge < -0.3 is 25.4 Å². The van der Waals surface area contributed by atoms with Crippen LogP contribution < -0.4 is 25.4 Å². The minimum atomic E-state index is -1.00. The van der Waals surface area contributed by atoms with E-state index in [0.29, 0.717) is 16.6 Å². The van der Waals surface area contributed by atoms with Gasteiger partial charge in [0.2, 0.25) is 5.91 Å². The number of rotatable bonds is 3. The monoisotopic (exact) mass is 397 g/mol. The van der Waals surface area contributed by atoms with E-state index >= 15 is 0 Å². The van der Waals surface area contributed by atoms with Crippen LogP contribution in [-0.4, -0.2) is 23.9 Å². The van der Waals surface area contributed by atoms with Gasteiger partial charge in [0, 0.05) is 11.3 Å². The number of benzene rings is 2. The first-order chi connectivity index (χ1) is 13.3. The van der Waals surface area contributed by atoms with Crippen LogP contribution in [0.4, 0.5) is 5.69 Å². The van der Waals surface area contributed by atoms with Gasteiger partial charge in [-0.3, -0.25) is 4.79 Å². The fourth-order valence-electron chi connectivity index (χ4n) is 4.05. The molecule has 0 aromatic heterocycles. The van der Waals surface area contributed by atoms with Crippen LogP contribution in [-0.2, 0) is 4.79 Å². The molecule has 28 heavy (non-hydrogen) atoms. The average Bonchev–Trinajstić information content (AvgIpc) is 2.62. The third-order valence-corrected chi connectivity index (χ3v) is 5.60. The number of methoxy groups -OCH3 is 1.